The van der Waals surface area contributed by atoms with E-state index in [0.717, 1.165) is 28.7 Å². The highest BCUT2D eigenvalue weighted by molar-refractivity contribution is 5.95. The number of nitrogens with zero attached hydrogens (tertiary/aromatic N) is 6. The van der Waals surface area contributed by atoms with Gasteiger partial charge in [-0.15, -0.1) is 10.2 Å². The molecular weight excluding hydrogens is 390 g/mol. The number of halogens is 2. The van der Waals surface area contributed by atoms with Gasteiger partial charge in [0.05, 0.1) is 5.52 Å². The molecule has 2 aromatic carbocycles. The molecule has 30 heavy (non-hydrogen) atoms. The van der Waals surface area contributed by atoms with Crippen LogP contribution in [-0.4, -0.2) is 56.6 Å². The summed E-state index contributed by atoms with van der Waals surface area (Å²) in [5, 5.41) is 9.41. The van der Waals surface area contributed by atoms with Crippen molar-refractivity contribution in [1.82, 2.24) is 24.5 Å². The molecule has 3 heterocycles. The van der Waals surface area contributed by atoms with Crippen molar-refractivity contribution in [1.29, 1.82) is 0 Å². The van der Waals surface area contributed by atoms with Crippen LogP contribution in [-0.2, 0) is 0 Å². The molecule has 0 N–H and O–H groups in total. The average molecular weight is 408 g/mol. The predicted molar refractivity (Wildman–Crippen MR) is 107 cm³/mol. The molecule has 7 nitrogen and oxygen atoms in total. The van der Waals surface area contributed by atoms with E-state index in [1.54, 1.807) is 0 Å². The SMILES string of the molecule is Cc1nnc2c3ccccc3nc(N3CCN(C(=O)c4c(F)cccc4F)CC3)n12. The second kappa shape index (κ2) is 7.01. The lowest BCUT2D eigenvalue weighted by atomic mass is 10.1. The van der Waals surface area contributed by atoms with E-state index in [-0.39, 0.29) is 0 Å². The van der Waals surface area contributed by atoms with E-state index in [1.807, 2.05) is 40.5 Å². The maximum Gasteiger partial charge on any atom is 0.259 e. The summed E-state index contributed by atoms with van der Waals surface area (Å²) in [6, 6.07) is 11.2. The minimum atomic E-state index is -0.847. The van der Waals surface area contributed by atoms with Gasteiger partial charge in [-0.1, -0.05) is 18.2 Å². The first-order valence-electron chi connectivity index (χ1n) is 9.63. The molecule has 0 unspecified atom stereocenters. The quantitative estimate of drug-likeness (QED) is 0.510. The second-order valence-corrected chi connectivity index (χ2v) is 7.21. The van der Waals surface area contributed by atoms with Crippen LogP contribution in [0.3, 0.4) is 0 Å². The predicted octanol–water partition coefficient (Wildman–Crippen LogP) is 2.83. The summed E-state index contributed by atoms with van der Waals surface area (Å²) in [5.74, 6) is -0.927. The Bertz CT molecular complexity index is 1260. The van der Waals surface area contributed by atoms with Crippen LogP contribution in [0.15, 0.2) is 42.5 Å². The topological polar surface area (TPSA) is 66.6 Å². The van der Waals surface area contributed by atoms with E-state index in [2.05, 4.69) is 10.2 Å². The molecule has 1 fully saturated rings. The Morgan fingerprint density at radius 1 is 0.933 bits per heavy atom. The molecule has 5 rings (SSSR count). The van der Waals surface area contributed by atoms with Crippen LogP contribution >= 0.6 is 0 Å². The summed E-state index contributed by atoms with van der Waals surface area (Å²) in [4.78, 5) is 21.0. The van der Waals surface area contributed by atoms with Gasteiger partial charge in [-0.05, 0) is 31.2 Å². The number of aromatic nitrogens is 4. The molecule has 0 bridgehead atoms. The second-order valence-electron chi connectivity index (χ2n) is 7.21. The zero-order valence-electron chi connectivity index (χ0n) is 16.2. The summed E-state index contributed by atoms with van der Waals surface area (Å²) in [5.41, 5.74) is 1.02. The van der Waals surface area contributed by atoms with Gasteiger partial charge in [0.2, 0.25) is 5.95 Å². The number of amides is 1. The van der Waals surface area contributed by atoms with E-state index in [9.17, 15) is 13.6 Å². The lowest BCUT2D eigenvalue weighted by Crippen LogP contribution is -2.49. The van der Waals surface area contributed by atoms with Gasteiger partial charge in [0.1, 0.15) is 23.0 Å². The highest BCUT2D eigenvalue weighted by atomic mass is 19.1. The van der Waals surface area contributed by atoms with Gasteiger partial charge in [-0.3, -0.25) is 4.79 Å². The number of hydrogen-bond acceptors (Lipinski definition) is 5. The smallest absolute Gasteiger partial charge is 0.259 e. The summed E-state index contributed by atoms with van der Waals surface area (Å²) in [7, 11) is 0. The monoisotopic (exact) mass is 408 g/mol. The van der Waals surface area contributed by atoms with Crippen molar-refractivity contribution in [3.8, 4) is 0 Å². The van der Waals surface area contributed by atoms with Crippen LogP contribution in [0.2, 0.25) is 0 Å². The first-order valence-corrected chi connectivity index (χ1v) is 9.63. The number of fused-ring (bicyclic) bond motifs is 3. The summed E-state index contributed by atoms with van der Waals surface area (Å²) < 4.78 is 29.9. The normalized spacial score (nSPS) is 14.6. The number of aryl methyl sites for hydroxylation is 1. The van der Waals surface area contributed by atoms with Crippen LogP contribution in [0.4, 0.5) is 14.7 Å². The molecule has 0 aliphatic carbocycles. The fraction of sp³-hybridized carbons (Fsp3) is 0.238. The zero-order chi connectivity index (χ0) is 20.8. The van der Waals surface area contributed by atoms with E-state index >= 15 is 0 Å². The van der Waals surface area contributed by atoms with Gasteiger partial charge in [-0.2, -0.15) is 0 Å². The number of para-hydroxylation sites is 1. The highest BCUT2D eigenvalue weighted by Crippen LogP contribution is 2.25. The lowest BCUT2D eigenvalue weighted by molar-refractivity contribution is 0.0736. The Morgan fingerprint density at radius 2 is 1.63 bits per heavy atom. The van der Waals surface area contributed by atoms with Crippen LogP contribution in [0, 0.1) is 18.6 Å². The molecule has 4 aromatic rings. The van der Waals surface area contributed by atoms with E-state index in [1.165, 1.54) is 11.0 Å². The molecule has 0 radical (unpaired) electrons. The van der Waals surface area contributed by atoms with Gasteiger partial charge in [-0.25, -0.2) is 18.2 Å². The number of anilines is 1. The van der Waals surface area contributed by atoms with Crippen LogP contribution in [0.25, 0.3) is 16.6 Å². The zero-order valence-corrected chi connectivity index (χ0v) is 16.2. The first-order chi connectivity index (χ1) is 14.5. The van der Waals surface area contributed by atoms with E-state index in [4.69, 9.17) is 4.98 Å². The highest BCUT2D eigenvalue weighted by Gasteiger charge is 2.28. The van der Waals surface area contributed by atoms with E-state index in [0.29, 0.717) is 38.0 Å². The Hall–Kier alpha value is -3.62. The molecule has 0 saturated carbocycles. The van der Waals surface area contributed by atoms with Crippen molar-refractivity contribution in [2.24, 2.45) is 0 Å². The number of benzene rings is 2. The van der Waals surface area contributed by atoms with Crippen LogP contribution < -0.4 is 4.90 Å². The van der Waals surface area contributed by atoms with Crippen molar-refractivity contribution in [2.75, 3.05) is 31.1 Å². The molecule has 1 aliphatic rings. The van der Waals surface area contributed by atoms with Gasteiger partial charge >= 0.3 is 0 Å². The van der Waals surface area contributed by atoms with Crippen molar-refractivity contribution in [2.45, 2.75) is 6.92 Å². The molecule has 1 aliphatic heterocycles. The summed E-state index contributed by atoms with van der Waals surface area (Å²) in [6.07, 6.45) is 0. The van der Waals surface area contributed by atoms with Crippen molar-refractivity contribution < 1.29 is 13.6 Å². The van der Waals surface area contributed by atoms with Gasteiger partial charge < -0.3 is 9.80 Å². The average Bonchev–Trinajstić information content (AvgIpc) is 3.15. The van der Waals surface area contributed by atoms with Gasteiger partial charge in [0.25, 0.3) is 5.91 Å². The van der Waals surface area contributed by atoms with Crippen molar-refractivity contribution in [3.63, 3.8) is 0 Å². The number of rotatable bonds is 2. The Kier molecular flexibility index (Phi) is 4.30. The maximum absolute atomic E-state index is 14.0. The Labute approximate surface area is 170 Å². The molecule has 0 spiro atoms. The molecule has 1 saturated heterocycles. The maximum atomic E-state index is 14.0. The summed E-state index contributed by atoms with van der Waals surface area (Å²) >= 11 is 0. The minimum Gasteiger partial charge on any atom is -0.338 e. The third-order valence-electron chi connectivity index (χ3n) is 5.42. The standard InChI is InChI=1S/C21H18F2N6O/c1-13-25-26-19-14-5-2-3-8-17(14)24-21(29(13)19)28-11-9-27(10-12-28)20(30)18-15(22)6-4-7-16(18)23/h2-8H,9-12H2,1H3. The largest absolute Gasteiger partial charge is 0.338 e. The lowest BCUT2D eigenvalue weighted by Gasteiger charge is -2.35. The molecular formula is C21H18F2N6O. The Morgan fingerprint density at radius 3 is 2.37 bits per heavy atom. The van der Waals surface area contributed by atoms with Crippen molar-refractivity contribution >= 4 is 28.4 Å². The number of piperazine rings is 1. The number of carbonyl (C=O) groups is 1. The number of hydrogen-bond donors (Lipinski definition) is 0. The Balaban J connectivity index is 1.45. The van der Waals surface area contributed by atoms with Gasteiger partial charge in [0, 0.05) is 31.6 Å². The van der Waals surface area contributed by atoms with Crippen LogP contribution in [0.5, 0.6) is 0 Å². The molecule has 1 amide bonds. The van der Waals surface area contributed by atoms with Crippen LogP contribution in [0.1, 0.15) is 16.2 Å². The third-order valence-corrected chi connectivity index (χ3v) is 5.42. The van der Waals surface area contributed by atoms with E-state index < -0.39 is 23.1 Å². The minimum absolute atomic E-state index is 0.323. The van der Waals surface area contributed by atoms with Gasteiger partial charge in [0.15, 0.2) is 5.65 Å². The fourth-order valence-corrected chi connectivity index (χ4v) is 3.88. The fourth-order valence-electron chi connectivity index (χ4n) is 3.88. The van der Waals surface area contributed by atoms with Crippen molar-refractivity contribution in [3.05, 3.63) is 65.5 Å². The first kappa shape index (κ1) is 18.4. The molecule has 152 valence electrons. The number of carbonyl (C=O) groups excluding carboxylic acids is 1. The molecule has 2 aromatic heterocycles. The molecule has 9 heteroatoms. The summed E-state index contributed by atoms with van der Waals surface area (Å²) in [6.45, 7) is 3.45. The third kappa shape index (κ3) is 2.85. The molecule has 0 atom stereocenters.